The molecule has 0 aliphatic carbocycles. The van der Waals surface area contributed by atoms with Crippen molar-refractivity contribution >= 4 is 6.04 Å². The number of rotatable bonds is 7. The van der Waals surface area contributed by atoms with Crippen molar-refractivity contribution in [3.8, 4) is 0 Å². The first-order valence-corrected chi connectivity index (χ1v) is 5.92. The Morgan fingerprint density at radius 1 is 0.500 bits per heavy atom. The third kappa shape index (κ3) is 4.49. The second-order valence-electron chi connectivity index (χ2n) is 4.77. The van der Waals surface area contributed by atoms with Gasteiger partial charge in [-0.05, 0) is 0 Å². The van der Waals surface area contributed by atoms with E-state index in [1.165, 1.54) is 4.74 Å². The second-order valence-corrected chi connectivity index (χ2v) is 4.77. The van der Waals surface area contributed by atoms with E-state index in [9.17, 15) is 83.8 Å². The molecule has 0 aliphatic rings. The highest BCUT2D eigenvalue weighted by atomic mass is 19.4. The minimum atomic E-state index is -8.14. The van der Waals surface area contributed by atoms with Crippen molar-refractivity contribution in [2.24, 2.45) is 0 Å². The summed E-state index contributed by atoms with van der Waals surface area (Å²) in [5.74, 6) is -23.3. The minimum absolute atomic E-state index is 1.15. The van der Waals surface area contributed by atoms with Crippen LogP contribution >= 0.6 is 0 Å². The normalized spacial score (nSPS) is 19.3. The van der Waals surface area contributed by atoms with Crippen molar-refractivity contribution < 1.29 is 93.3 Å². The van der Waals surface area contributed by atoms with Crippen molar-refractivity contribution in [1.29, 1.82) is 0 Å². The number of hydrogen-bond acceptors (Lipinski definition) is 3. The van der Waals surface area contributed by atoms with E-state index in [-0.39, 0.29) is 0 Å². The number of alkyl halides is 17. The van der Waals surface area contributed by atoms with Gasteiger partial charge in [0, 0.05) is 0 Å². The number of carbonyl (C=O) groups is 1. The molecular weight excluding hydrogens is 498 g/mol. The van der Waals surface area contributed by atoms with Gasteiger partial charge in [-0.3, -0.25) is 14.3 Å². The van der Waals surface area contributed by atoms with Gasteiger partial charge in [-0.1, -0.05) is 0 Å². The van der Waals surface area contributed by atoms with E-state index in [4.69, 9.17) is 0 Å². The predicted molar refractivity (Wildman–Crippen MR) is 49.0 cm³/mol. The van der Waals surface area contributed by atoms with Gasteiger partial charge in [-0.2, -0.15) is 79.0 Å². The SMILES string of the molecule is O=C(F)C(F)(OC(F)(F)C(F)(OC(F)(F)C(F)(F)C(F)(F)F)C(F)(F)F)C(F)(F)F. The van der Waals surface area contributed by atoms with Crippen LogP contribution in [0.1, 0.15) is 0 Å². The monoisotopic (exact) mass is 498 g/mol. The van der Waals surface area contributed by atoms with Crippen LogP contribution in [0, 0.1) is 0 Å². The van der Waals surface area contributed by atoms with Gasteiger partial charge in [0.1, 0.15) is 0 Å². The summed E-state index contributed by atoms with van der Waals surface area (Å²) in [6.45, 7) is 0. The van der Waals surface area contributed by atoms with Crippen LogP contribution in [0.15, 0.2) is 0 Å². The summed E-state index contributed by atoms with van der Waals surface area (Å²) in [6.07, 6.45) is -39.1. The summed E-state index contributed by atoms with van der Waals surface area (Å²) < 4.78 is 227. The molecule has 180 valence electrons. The Kier molecular flexibility index (Phi) is 6.79. The zero-order chi connectivity index (χ0) is 25.0. The van der Waals surface area contributed by atoms with E-state index < -0.39 is 54.4 Å². The lowest BCUT2D eigenvalue weighted by Crippen LogP contribution is -2.67. The highest BCUT2D eigenvalue weighted by Crippen LogP contribution is 2.56. The molecule has 0 aromatic rings. The fourth-order valence-corrected chi connectivity index (χ4v) is 1.14. The van der Waals surface area contributed by atoms with Gasteiger partial charge in [0.2, 0.25) is 0 Å². The zero-order valence-corrected chi connectivity index (χ0v) is 12.5. The molecule has 2 unspecified atom stereocenters. The fourth-order valence-electron chi connectivity index (χ4n) is 1.14. The van der Waals surface area contributed by atoms with Crippen LogP contribution in [0.25, 0.3) is 0 Å². The quantitative estimate of drug-likeness (QED) is 0.351. The summed E-state index contributed by atoms with van der Waals surface area (Å²) >= 11 is 0. The summed E-state index contributed by atoms with van der Waals surface area (Å²) in [5, 5.41) is 0. The lowest BCUT2D eigenvalue weighted by atomic mass is 10.2. The van der Waals surface area contributed by atoms with Crippen molar-refractivity contribution in [1.82, 2.24) is 0 Å². The maximum absolute atomic E-state index is 13.5. The fraction of sp³-hybridized carbons (Fsp3) is 0.889. The Bertz CT molecular complexity index is 645. The van der Waals surface area contributed by atoms with Crippen LogP contribution in [0.5, 0.6) is 0 Å². The van der Waals surface area contributed by atoms with Crippen LogP contribution < -0.4 is 0 Å². The molecule has 0 aromatic carbocycles. The van der Waals surface area contributed by atoms with E-state index in [1.54, 1.807) is 0 Å². The molecule has 21 heteroatoms. The van der Waals surface area contributed by atoms with E-state index in [2.05, 4.69) is 0 Å². The average molecular weight is 498 g/mol. The molecule has 0 aliphatic heterocycles. The molecule has 0 aromatic heterocycles. The highest BCUT2D eigenvalue weighted by Gasteiger charge is 2.85. The van der Waals surface area contributed by atoms with Gasteiger partial charge >= 0.3 is 54.4 Å². The molecule has 3 nitrogen and oxygen atoms in total. The van der Waals surface area contributed by atoms with E-state index in [0.717, 1.165) is 4.74 Å². The minimum Gasteiger partial charge on any atom is -0.262 e. The van der Waals surface area contributed by atoms with Gasteiger partial charge in [0.15, 0.2) is 0 Å². The molecular formula is C9F18O3. The molecule has 0 amide bonds. The smallest absolute Gasteiger partial charge is 0.262 e. The van der Waals surface area contributed by atoms with Crippen molar-refractivity contribution in [3.05, 3.63) is 0 Å². The van der Waals surface area contributed by atoms with Crippen LogP contribution in [0.4, 0.5) is 79.0 Å². The molecule has 0 N–H and O–H groups in total. The molecule has 0 radical (unpaired) electrons. The number of carbonyl (C=O) groups excluding carboxylic acids is 1. The third-order valence-electron chi connectivity index (χ3n) is 2.62. The molecule has 0 fully saturated rings. The van der Waals surface area contributed by atoms with E-state index in [1.807, 2.05) is 0 Å². The molecule has 0 rings (SSSR count). The van der Waals surface area contributed by atoms with Crippen molar-refractivity contribution in [2.45, 2.75) is 48.4 Å². The van der Waals surface area contributed by atoms with Gasteiger partial charge in [-0.15, -0.1) is 0 Å². The third-order valence-corrected chi connectivity index (χ3v) is 2.62. The van der Waals surface area contributed by atoms with E-state index in [0.29, 0.717) is 0 Å². The first-order chi connectivity index (χ1) is 12.6. The number of hydrogen-bond donors (Lipinski definition) is 0. The van der Waals surface area contributed by atoms with Crippen LogP contribution in [0.2, 0.25) is 0 Å². The van der Waals surface area contributed by atoms with Gasteiger partial charge < -0.3 is 0 Å². The molecule has 0 heterocycles. The Labute approximate surface area is 149 Å². The largest absolute Gasteiger partial charge is 0.462 e. The average Bonchev–Trinajstić information content (AvgIpc) is 2.41. The zero-order valence-electron chi connectivity index (χ0n) is 12.5. The highest BCUT2D eigenvalue weighted by molar-refractivity contribution is 5.77. The van der Waals surface area contributed by atoms with Crippen LogP contribution in [0.3, 0.4) is 0 Å². The summed E-state index contributed by atoms with van der Waals surface area (Å²) in [7, 11) is 0. The molecule has 0 saturated heterocycles. The Morgan fingerprint density at radius 2 is 0.867 bits per heavy atom. The first-order valence-electron chi connectivity index (χ1n) is 5.92. The van der Waals surface area contributed by atoms with Crippen molar-refractivity contribution in [3.63, 3.8) is 0 Å². The Hall–Kier alpha value is -1.67. The maximum Gasteiger partial charge on any atom is 0.462 e. The lowest BCUT2D eigenvalue weighted by Gasteiger charge is -2.39. The summed E-state index contributed by atoms with van der Waals surface area (Å²) in [6, 6.07) is -4.79. The summed E-state index contributed by atoms with van der Waals surface area (Å²) in [4.78, 5) is 9.86. The predicted octanol–water partition coefficient (Wildman–Crippen LogP) is 5.36. The Morgan fingerprint density at radius 3 is 1.10 bits per heavy atom. The van der Waals surface area contributed by atoms with E-state index >= 15 is 0 Å². The number of halogens is 18. The molecule has 0 spiro atoms. The molecule has 30 heavy (non-hydrogen) atoms. The second kappa shape index (κ2) is 7.19. The van der Waals surface area contributed by atoms with Gasteiger partial charge in [0.05, 0.1) is 0 Å². The number of ether oxygens (including phenoxy) is 2. The summed E-state index contributed by atoms with van der Waals surface area (Å²) in [5.41, 5.74) is 0. The molecule has 2 atom stereocenters. The van der Waals surface area contributed by atoms with Gasteiger partial charge in [0.25, 0.3) is 0 Å². The Balaban J connectivity index is 6.63. The van der Waals surface area contributed by atoms with Crippen LogP contribution in [-0.2, 0) is 14.3 Å². The lowest BCUT2D eigenvalue weighted by molar-refractivity contribution is -0.548. The first kappa shape index (κ1) is 28.3. The van der Waals surface area contributed by atoms with Crippen LogP contribution in [-0.4, -0.2) is 54.4 Å². The molecule has 0 bridgehead atoms. The molecule has 0 saturated carbocycles. The standard InChI is InChI=1S/C9F18O3/c10-1(28)2(11,5(15,16)17)29-9(26,27)4(14,7(21,22)23)30-8(24,25)3(12,13)6(18,19)20. The maximum atomic E-state index is 13.5. The van der Waals surface area contributed by atoms with Gasteiger partial charge in [-0.25, -0.2) is 0 Å². The van der Waals surface area contributed by atoms with Crippen molar-refractivity contribution in [2.75, 3.05) is 0 Å². The topological polar surface area (TPSA) is 35.5 Å².